The van der Waals surface area contributed by atoms with Gasteiger partial charge in [-0.25, -0.2) is 9.37 Å². The molecular formula is C16H19Cl2FN4O. The maximum absolute atomic E-state index is 13.8. The van der Waals surface area contributed by atoms with Crippen LogP contribution in [0, 0.1) is 5.82 Å². The molecule has 1 fully saturated rings. The van der Waals surface area contributed by atoms with Crippen molar-refractivity contribution in [2.24, 2.45) is 0 Å². The van der Waals surface area contributed by atoms with Crippen molar-refractivity contribution >= 4 is 42.2 Å². The molecule has 1 aromatic heterocycles. The number of halogens is 3. The quantitative estimate of drug-likeness (QED) is 0.869. The van der Waals surface area contributed by atoms with Crippen LogP contribution in [-0.4, -0.2) is 42.0 Å². The zero-order chi connectivity index (χ0) is 15.4. The molecule has 2 N–H and O–H groups in total. The van der Waals surface area contributed by atoms with E-state index >= 15 is 0 Å². The first-order chi connectivity index (χ1) is 10.8. The number of carbonyl (C=O) groups excluding carboxylic acids is 1. The number of rotatable bonds is 3. The number of nitrogens with one attached hydrogen (secondary N) is 2. The Morgan fingerprint density at radius 3 is 2.54 bits per heavy atom. The number of hydrogen-bond donors (Lipinski definition) is 2. The third kappa shape index (κ3) is 4.56. The fraction of sp³-hybridized carbons (Fsp3) is 0.250. The van der Waals surface area contributed by atoms with Crippen LogP contribution in [-0.2, 0) is 0 Å². The number of benzene rings is 1. The smallest absolute Gasteiger partial charge is 0.257 e. The summed E-state index contributed by atoms with van der Waals surface area (Å²) in [4.78, 5) is 18.6. The first kappa shape index (κ1) is 20.2. The highest BCUT2D eigenvalue weighted by molar-refractivity contribution is 5.99. The molecule has 0 radical (unpaired) electrons. The molecular weight excluding hydrogens is 354 g/mol. The van der Waals surface area contributed by atoms with Gasteiger partial charge in [-0.3, -0.25) is 4.79 Å². The van der Waals surface area contributed by atoms with E-state index in [0.29, 0.717) is 30.2 Å². The second-order valence-electron chi connectivity index (χ2n) is 5.05. The normalized spacial score (nSPS) is 13.5. The standard InChI is InChI=1S/C16H17FN4O.2ClH/c17-13-5-1-2-6-14(13)20-15-12(4-3-7-19-15)16(22)21-10-8-18-9-11-21;;/h1-7,18H,8-11H2,(H,19,20);2*1H. The van der Waals surface area contributed by atoms with Crippen LogP contribution in [0.1, 0.15) is 10.4 Å². The van der Waals surface area contributed by atoms with Crippen molar-refractivity contribution in [1.82, 2.24) is 15.2 Å². The summed E-state index contributed by atoms with van der Waals surface area (Å²) in [6.45, 7) is 2.88. The monoisotopic (exact) mass is 372 g/mol. The third-order valence-electron chi connectivity index (χ3n) is 3.57. The molecule has 24 heavy (non-hydrogen) atoms. The molecule has 0 unspecified atom stereocenters. The molecule has 0 aliphatic carbocycles. The zero-order valence-corrected chi connectivity index (χ0v) is 14.5. The minimum absolute atomic E-state index is 0. The highest BCUT2D eigenvalue weighted by atomic mass is 35.5. The average Bonchev–Trinajstić information content (AvgIpc) is 2.58. The Morgan fingerprint density at radius 1 is 1.12 bits per heavy atom. The molecule has 0 atom stereocenters. The van der Waals surface area contributed by atoms with E-state index in [4.69, 9.17) is 0 Å². The topological polar surface area (TPSA) is 57.3 Å². The van der Waals surface area contributed by atoms with E-state index in [2.05, 4.69) is 15.6 Å². The van der Waals surface area contributed by atoms with E-state index in [1.807, 2.05) is 0 Å². The molecule has 1 amide bonds. The second kappa shape index (κ2) is 9.42. The van der Waals surface area contributed by atoms with E-state index < -0.39 is 0 Å². The fourth-order valence-corrected chi connectivity index (χ4v) is 2.41. The van der Waals surface area contributed by atoms with Gasteiger partial charge in [-0.2, -0.15) is 0 Å². The van der Waals surface area contributed by atoms with E-state index in [1.54, 1.807) is 41.4 Å². The van der Waals surface area contributed by atoms with Gasteiger partial charge in [0.2, 0.25) is 0 Å². The van der Waals surface area contributed by atoms with Crippen LogP contribution in [0.25, 0.3) is 0 Å². The molecule has 0 bridgehead atoms. The van der Waals surface area contributed by atoms with Gasteiger partial charge in [0.15, 0.2) is 0 Å². The Morgan fingerprint density at radius 2 is 1.83 bits per heavy atom. The number of aromatic nitrogens is 1. The van der Waals surface area contributed by atoms with Crippen molar-refractivity contribution in [3.05, 3.63) is 54.0 Å². The van der Waals surface area contributed by atoms with Gasteiger partial charge in [0.05, 0.1) is 11.3 Å². The minimum atomic E-state index is -0.381. The predicted octanol–water partition coefficient (Wildman–Crippen LogP) is 2.85. The van der Waals surface area contributed by atoms with Gasteiger partial charge in [-0.1, -0.05) is 12.1 Å². The molecule has 2 heterocycles. The van der Waals surface area contributed by atoms with E-state index in [0.717, 1.165) is 13.1 Å². The number of hydrogen-bond acceptors (Lipinski definition) is 4. The van der Waals surface area contributed by atoms with Crippen LogP contribution in [0.4, 0.5) is 15.9 Å². The van der Waals surface area contributed by atoms with Crippen LogP contribution in [0.3, 0.4) is 0 Å². The van der Waals surface area contributed by atoms with E-state index in [-0.39, 0.29) is 36.5 Å². The predicted molar refractivity (Wildman–Crippen MR) is 97.2 cm³/mol. The summed E-state index contributed by atoms with van der Waals surface area (Å²) in [6.07, 6.45) is 1.58. The number of piperazine rings is 1. The molecule has 1 aliphatic rings. The van der Waals surface area contributed by atoms with Crippen molar-refractivity contribution < 1.29 is 9.18 Å². The van der Waals surface area contributed by atoms with Crippen LogP contribution >= 0.6 is 24.8 Å². The molecule has 3 rings (SSSR count). The van der Waals surface area contributed by atoms with Gasteiger partial charge in [-0.05, 0) is 24.3 Å². The molecule has 0 spiro atoms. The molecule has 1 aromatic carbocycles. The molecule has 8 heteroatoms. The van der Waals surface area contributed by atoms with Crippen molar-refractivity contribution in [3.8, 4) is 0 Å². The number of para-hydroxylation sites is 1. The molecule has 5 nitrogen and oxygen atoms in total. The molecule has 1 aliphatic heterocycles. The van der Waals surface area contributed by atoms with Crippen molar-refractivity contribution in [2.45, 2.75) is 0 Å². The lowest BCUT2D eigenvalue weighted by Gasteiger charge is -2.28. The number of amides is 1. The Bertz CT molecular complexity index is 681. The number of pyridine rings is 1. The maximum atomic E-state index is 13.8. The van der Waals surface area contributed by atoms with Gasteiger partial charge in [0, 0.05) is 32.4 Å². The van der Waals surface area contributed by atoms with Crippen LogP contribution in [0.5, 0.6) is 0 Å². The maximum Gasteiger partial charge on any atom is 0.257 e. The van der Waals surface area contributed by atoms with Gasteiger partial charge in [-0.15, -0.1) is 24.8 Å². The van der Waals surface area contributed by atoms with Gasteiger partial charge in [0.1, 0.15) is 11.6 Å². The Kier molecular flexibility index (Phi) is 7.91. The summed E-state index contributed by atoms with van der Waals surface area (Å²) in [5.41, 5.74) is 0.753. The lowest BCUT2D eigenvalue weighted by Crippen LogP contribution is -2.46. The summed E-state index contributed by atoms with van der Waals surface area (Å²) in [7, 11) is 0. The highest BCUT2D eigenvalue weighted by Gasteiger charge is 2.21. The van der Waals surface area contributed by atoms with Gasteiger partial charge < -0.3 is 15.5 Å². The van der Waals surface area contributed by atoms with Crippen LogP contribution in [0.2, 0.25) is 0 Å². The summed E-state index contributed by atoms with van der Waals surface area (Å²) in [5.74, 6) is -0.0988. The van der Waals surface area contributed by atoms with Crippen molar-refractivity contribution in [1.29, 1.82) is 0 Å². The van der Waals surface area contributed by atoms with Crippen LogP contribution < -0.4 is 10.6 Å². The summed E-state index contributed by atoms with van der Waals surface area (Å²) < 4.78 is 13.8. The summed E-state index contributed by atoms with van der Waals surface area (Å²) >= 11 is 0. The molecule has 2 aromatic rings. The lowest BCUT2D eigenvalue weighted by molar-refractivity contribution is 0.0736. The first-order valence-corrected chi connectivity index (χ1v) is 7.22. The Labute approximate surface area is 152 Å². The SMILES string of the molecule is Cl.Cl.O=C(c1cccnc1Nc1ccccc1F)N1CCNCC1. The minimum Gasteiger partial charge on any atom is -0.337 e. The summed E-state index contributed by atoms with van der Waals surface area (Å²) in [6, 6.07) is 9.74. The second-order valence-corrected chi connectivity index (χ2v) is 5.05. The molecule has 130 valence electrons. The molecule has 1 saturated heterocycles. The van der Waals surface area contributed by atoms with Gasteiger partial charge in [0.25, 0.3) is 5.91 Å². The van der Waals surface area contributed by atoms with Crippen molar-refractivity contribution in [2.75, 3.05) is 31.5 Å². The average molecular weight is 373 g/mol. The van der Waals surface area contributed by atoms with Crippen molar-refractivity contribution in [3.63, 3.8) is 0 Å². The third-order valence-corrected chi connectivity index (χ3v) is 3.57. The Hall–Kier alpha value is -1.89. The zero-order valence-electron chi connectivity index (χ0n) is 12.9. The first-order valence-electron chi connectivity index (χ1n) is 7.22. The molecule has 0 saturated carbocycles. The van der Waals surface area contributed by atoms with Crippen LogP contribution in [0.15, 0.2) is 42.6 Å². The van der Waals surface area contributed by atoms with E-state index in [1.165, 1.54) is 6.07 Å². The van der Waals surface area contributed by atoms with Gasteiger partial charge >= 0.3 is 0 Å². The largest absolute Gasteiger partial charge is 0.337 e. The number of nitrogens with zero attached hydrogens (tertiary/aromatic N) is 2. The summed E-state index contributed by atoms with van der Waals surface area (Å²) in [5, 5.41) is 6.12. The lowest BCUT2D eigenvalue weighted by atomic mass is 10.2. The number of anilines is 2. The number of carbonyl (C=O) groups is 1. The fourth-order valence-electron chi connectivity index (χ4n) is 2.41. The Balaban J connectivity index is 0.00000144. The highest BCUT2D eigenvalue weighted by Crippen LogP contribution is 2.22. The van der Waals surface area contributed by atoms with E-state index in [9.17, 15) is 9.18 Å².